The van der Waals surface area contributed by atoms with Crippen LogP contribution in [0.2, 0.25) is 0 Å². The Morgan fingerprint density at radius 1 is 1.03 bits per heavy atom. The second kappa shape index (κ2) is 11.3. The molecule has 0 radical (unpaired) electrons. The molecule has 10 heteroatoms. The Morgan fingerprint density at radius 2 is 1.79 bits per heavy atom. The molecule has 1 fully saturated rings. The maximum Gasteiger partial charge on any atom is 0.279 e. The Hall–Kier alpha value is -3.73. The largest absolute Gasteiger partial charge is 0.306 e. The van der Waals surface area contributed by atoms with E-state index in [0.29, 0.717) is 26.5 Å². The van der Waals surface area contributed by atoms with Crippen molar-refractivity contribution >= 4 is 44.9 Å². The summed E-state index contributed by atoms with van der Waals surface area (Å²) in [5, 5.41) is 12.5. The number of anilines is 2. The third-order valence-corrected chi connectivity index (χ3v) is 7.87. The standard InChI is InChI=1S/C28H33N7O2S/c1-19-5-11-22(12-6-19)34(3)32-27(37)24-17-23-25(30-31-28(23)38-24)29-26(36)21-9-7-20(8-10-21)18-35-14-4-13-33(2)15-16-35/h5-12,17H,4,13-16,18H2,1-3H3,(H,32,37)(H2,29,30,31,36). The second-order valence-corrected chi connectivity index (χ2v) is 10.9. The van der Waals surface area contributed by atoms with Crippen molar-refractivity contribution < 1.29 is 9.59 Å². The van der Waals surface area contributed by atoms with E-state index in [1.807, 2.05) is 55.5 Å². The average Bonchev–Trinajstić information content (AvgIpc) is 3.43. The highest BCUT2D eigenvalue weighted by Crippen LogP contribution is 2.29. The topological polar surface area (TPSA) is 96.6 Å². The van der Waals surface area contributed by atoms with E-state index in [9.17, 15) is 9.59 Å². The molecule has 1 aliphatic heterocycles. The number of aryl methyl sites for hydroxylation is 1. The summed E-state index contributed by atoms with van der Waals surface area (Å²) in [5.41, 5.74) is 6.68. The number of likely N-dealkylation sites (N-methyl/N-ethyl adjacent to an activating group) is 1. The lowest BCUT2D eigenvalue weighted by Crippen LogP contribution is -2.38. The van der Waals surface area contributed by atoms with Crippen LogP contribution in [0.25, 0.3) is 10.2 Å². The molecule has 3 heterocycles. The van der Waals surface area contributed by atoms with E-state index in [-0.39, 0.29) is 11.8 Å². The minimum absolute atomic E-state index is 0.227. The summed E-state index contributed by atoms with van der Waals surface area (Å²) in [6.45, 7) is 7.26. The molecule has 0 bridgehead atoms. The second-order valence-electron chi connectivity index (χ2n) is 9.85. The number of amides is 2. The van der Waals surface area contributed by atoms with Crippen LogP contribution in [0.3, 0.4) is 0 Å². The van der Waals surface area contributed by atoms with Crippen LogP contribution < -0.4 is 15.8 Å². The lowest BCUT2D eigenvalue weighted by molar-refractivity contribution is 0.0954. The van der Waals surface area contributed by atoms with Crippen LogP contribution in [0.4, 0.5) is 11.5 Å². The van der Waals surface area contributed by atoms with Gasteiger partial charge in [-0.1, -0.05) is 29.8 Å². The summed E-state index contributed by atoms with van der Waals surface area (Å²) in [6.07, 6.45) is 1.17. The first-order valence-electron chi connectivity index (χ1n) is 12.8. The zero-order valence-corrected chi connectivity index (χ0v) is 22.8. The van der Waals surface area contributed by atoms with E-state index in [0.717, 1.165) is 44.0 Å². The summed E-state index contributed by atoms with van der Waals surface area (Å²) in [6, 6.07) is 17.4. The molecule has 38 heavy (non-hydrogen) atoms. The van der Waals surface area contributed by atoms with Crippen molar-refractivity contribution in [2.24, 2.45) is 0 Å². The first-order valence-corrected chi connectivity index (χ1v) is 13.6. The maximum atomic E-state index is 12.9. The van der Waals surface area contributed by atoms with E-state index in [4.69, 9.17) is 0 Å². The zero-order valence-electron chi connectivity index (χ0n) is 22.0. The van der Waals surface area contributed by atoms with Crippen LogP contribution in [-0.4, -0.2) is 72.1 Å². The van der Waals surface area contributed by atoms with Gasteiger partial charge in [-0.15, -0.1) is 11.3 Å². The molecule has 0 spiro atoms. The van der Waals surface area contributed by atoms with Gasteiger partial charge in [-0.3, -0.25) is 30.0 Å². The molecule has 3 N–H and O–H groups in total. The van der Waals surface area contributed by atoms with Gasteiger partial charge < -0.3 is 10.2 Å². The summed E-state index contributed by atoms with van der Waals surface area (Å²) >= 11 is 1.27. The fourth-order valence-corrected chi connectivity index (χ4v) is 5.41. The number of nitrogens with one attached hydrogen (secondary N) is 3. The van der Waals surface area contributed by atoms with Crippen LogP contribution >= 0.6 is 11.3 Å². The molecule has 198 valence electrons. The van der Waals surface area contributed by atoms with Crippen LogP contribution in [0.15, 0.2) is 54.6 Å². The van der Waals surface area contributed by atoms with Crippen molar-refractivity contribution in [2.75, 3.05) is 50.6 Å². The summed E-state index contributed by atoms with van der Waals surface area (Å²) in [4.78, 5) is 31.8. The molecular weight excluding hydrogens is 498 g/mol. The van der Waals surface area contributed by atoms with E-state index < -0.39 is 0 Å². The SMILES string of the molecule is Cc1ccc(N(C)NC(=O)c2cc3c(NC(=O)c4ccc(CN5CCCN(C)CC5)cc4)[nH]nc3s2)cc1. The Bertz CT molecular complexity index is 1410. The third-order valence-electron chi connectivity index (χ3n) is 6.84. The van der Waals surface area contributed by atoms with Gasteiger partial charge in [-0.25, -0.2) is 0 Å². The van der Waals surface area contributed by atoms with Crippen LogP contribution in [0.1, 0.15) is 37.6 Å². The van der Waals surface area contributed by atoms with Crippen molar-refractivity contribution in [1.29, 1.82) is 0 Å². The molecule has 4 aromatic rings. The molecule has 0 unspecified atom stereocenters. The van der Waals surface area contributed by atoms with E-state index >= 15 is 0 Å². The fraction of sp³-hybridized carbons (Fsp3) is 0.321. The Balaban J connectivity index is 1.21. The van der Waals surface area contributed by atoms with Crippen molar-refractivity contribution in [3.63, 3.8) is 0 Å². The first-order chi connectivity index (χ1) is 18.4. The average molecular weight is 532 g/mol. The molecule has 2 aromatic carbocycles. The Morgan fingerprint density at radius 3 is 2.55 bits per heavy atom. The third kappa shape index (κ3) is 6.04. The number of benzene rings is 2. The highest BCUT2D eigenvalue weighted by molar-refractivity contribution is 7.20. The molecule has 1 saturated heterocycles. The number of hydrogen-bond donors (Lipinski definition) is 3. The number of rotatable bonds is 7. The molecular formula is C28H33N7O2S. The monoisotopic (exact) mass is 531 g/mol. The molecule has 0 atom stereocenters. The molecule has 0 aliphatic carbocycles. The fourth-order valence-electron chi connectivity index (χ4n) is 4.52. The zero-order chi connectivity index (χ0) is 26.6. The Labute approximate surface area is 226 Å². The minimum atomic E-state index is -0.236. The normalized spacial score (nSPS) is 14.8. The number of aromatic nitrogens is 2. The van der Waals surface area contributed by atoms with Crippen molar-refractivity contribution in [2.45, 2.75) is 19.9 Å². The number of carbonyl (C=O) groups is 2. The predicted molar refractivity (Wildman–Crippen MR) is 153 cm³/mol. The van der Waals surface area contributed by atoms with Gasteiger partial charge in [0.15, 0.2) is 0 Å². The van der Waals surface area contributed by atoms with E-state index in [2.05, 4.69) is 37.8 Å². The van der Waals surface area contributed by atoms with Crippen LogP contribution in [-0.2, 0) is 6.54 Å². The highest BCUT2D eigenvalue weighted by atomic mass is 32.1. The van der Waals surface area contributed by atoms with Crippen LogP contribution in [0.5, 0.6) is 0 Å². The molecule has 0 saturated carbocycles. The number of carbonyl (C=O) groups excluding carboxylic acids is 2. The lowest BCUT2D eigenvalue weighted by atomic mass is 10.1. The number of fused-ring (bicyclic) bond motifs is 1. The van der Waals surface area contributed by atoms with Crippen molar-refractivity contribution in [3.8, 4) is 0 Å². The van der Waals surface area contributed by atoms with Gasteiger partial charge in [0.1, 0.15) is 10.6 Å². The Kier molecular flexibility index (Phi) is 7.73. The summed E-state index contributed by atoms with van der Waals surface area (Å²) in [5.74, 6) is 0.0137. The quantitative estimate of drug-likeness (QED) is 0.311. The maximum absolute atomic E-state index is 12.9. The number of hydrogen-bond acceptors (Lipinski definition) is 7. The van der Waals surface area contributed by atoms with Gasteiger partial charge in [0.2, 0.25) is 0 Å². The van der Waals surface area contributed by atoms with Gasteiger partial charge in [-0.2, -0.15) is 5.10 Å². The van der Waals surface area contributed by atoms with Crippen molar-refractivity contribution in [3.05, 3.63) is 76.2 Å². The molecule has 1 aliphatic rings. The van der Waals surface area contributed by atoms with Crippen molar-refractivity contribution in [1.82, 2.24) is 25.4 Å². The van der Waals surface area contributed by atoms with E-state index in [1.165, 1.54) is 23.3 Å². The first kappa shape index (κ1) is 25.9. The number of nitrogens with zero attached hydrogens (tertiary/aromatic N) is 4. The highest BCUT2D eigenvalue weighted by Gasteiger charge is 2.18. The van der Waals surface area contributed by atoms with Crippen LogP contribution in [0, 0.1) is 6.92 Å². The number of H-pyrrole nitrogens is 1. The lowest BCUT2D eigenvalue weighted by Gasteiger charge is -2.20. The summed E-state index contributed by atoms with van der Waals surface area (Å²) in [7, 11) is 3.96. The molecule has 9 nitrogen and oxygen atoms in total. The van der Waals surface area contributed by atoms with Gasteiger partial charge in [0, 0.05) is 32.2 Å². The number of aromatic amines is 1. The number of thiophene rings is 1. The van der Waals surface area contributed by atoms with Gasteiger partial charge in [0.05, 0.1) is 16.0 Å². The molecule has 2 amide bonds. The van der Waals surface area contributed by atoms with Gasteiger partial charge in [0.25, 0.3) is 11.8 Å². The van der Waals surface area contributed by atoms with Gasteiger partial charge in [-0.05, 0) is 69.4 Å². The van der Waals surface area contributed by atoms with Gasteiger partial charge >= 0.3 is 0 Å². The predicted octanol–water partition coefficient (Wildman–Crippen LogP) is 4.10. The smallest absolute Gasteiger partial charge is 0.279 e. The van der Waals surface area contributed by atoms with E-state index in [1.54, 1.807) is 18.1 Å². The summed E-state index contributed by atoms with van der Waals surface area (Å²) < 4.78 is 0. The molecule has 2 aromatic heterocycles. The minimum Gasteiger partial charge on any atom is -0.306 e. The number of hydrazine groups is 1. The molecule has 5 rings (SSSR count).